The Morgan fingerprint density at radius 1 is 1.35 bits per heavy atom. The van der Waals surface area contributed by atoms with E-state index >= 15 is 0 Å². The van der Waals surface area contributed by atoms with Crippen LogP contribution in [0.25, 0.3) is 0 Å². The molecule has 1 amide bonds. The smallest absolute Gasteiger partial charge is 0.290 e. The average molecular weight is 354 g/mol. The standard InChI is InChI=1S/C17H18N6O3/c1-12-3-6-26-16(12)17(25)21-4-2-5-23-14(9-21)20-13(7-15(23)24)8-22-11-18-10-19-22/h3,6-7,10-11H,2,4-5,8-9H2,1H3. The number of rotatable bonds is 3. The van der Waals surface area contributed by atoms with Crippen LogP contribution in [0.4, 0.5) is 0 Å². The molecule has 0 radical (unpaired) electrons. The van der Waals surface area contributed by atoms with Crippen LogP contribution in [0.5, 0.6) is 0 Å². The molecule has 4 heterocycles. The highest BCUT2D eigenvalue weighted by atomic mass is 16.3. The van der Waals surface area contributed by atoms with E-state index in [4.69, 9.17) is 4.42 Å². The maximum atomic E-state index is 12.8. The number of carbonyl (C=O) groups is 1. The van der Waals surface area contributed by atoms with E-state index < -0.39 is 0 Å². The van der Waals surface area contributed by atoms with Crippen LogP contribution in [0, 0.1) is 6.92 Å². The zero-order valence-corrected chi connectivity index (χ0v) is 14.3. The van der Waals surface area contributed by atoms with Crippen LogP contribution < -0.4 is 5.56 Å². The van der Waals surface area contributed by atoms with Crippen LogP contribution in [0.3, 0.4) is 0 Å². The molecular weight excluding hydrogens is 336 g/mol. The number of fused-ring (bicyclic) bond motifs is 1. The van der Waals surface area contributed by atoms with Gasteiger partial charge in [0.1, 0.15) is 18.5 Å². The molecule has 0 N–H and O–H groups in total. The molecule has 0 unspecified atom stereocenters. The van der Waals surface area contributed by atoms with Gasteiger partial charge in [0.15, 0.2) is 5.76 Å². The Kier molecular flexibility index (Phi) is 4.11. The third-order valence-electron chi connectivity index (χ3n) is 4.42. The average Bonchev–Trinajstić information content (AvgIpc) is 3.21. The monoisotopic (exact) mass is 354 g/mol. The Bertz CT molecular complexity index is 988. The summed E-state index contributed by atoms with van der Waals surface area (Å²) < 4.78 is 8.56. The van der Waals surface area contributed by atoms with Crippen LogP contribution in [0.1, 0.15) is 34.1 Å². The number of furan rings is 1. The van der Waals surface area contributed by atoms with Crippen molar-refractivity contribution >= 4 is 5.91 Å². The third-order valence-corrected chi connectivity index (χ3v) is 4.42. The second-order valence-electron chi connectivity index (χ2n) is 6.26. The lowest BCUT2D eigenvalue weighted by molar-refractivity contribution is 0.0710. The van der Waals surface area contributed by atoms with Gasteiger partial charge in [-0.3, -0.25) is 14.2 Å². The molecule has 0 saturated heterocycles. The van der Waals surface area contributed by atoms with Crippen molar-refractivity contribution in [1.29, 1.82) is 0 Å². The number of aromatic nitrogens is 5. The molecule has 9 nitrogen and oxygen atoms in total. The van der Waals surface area contributed by atoms with Crippen molar-refractivity contribution in [3.8, 4) is 0 Å². The van der Waals surface area contributed by atoms with Gasteiger partial charge in [0, 0.05) is 24.7 Å². The van der Waals surface area contributed by atoms with Gasteiger partial charge in [-0.25, -0.2) is 14.6 Å². The molecule has 0 saturated carbocycles. The molecular formula is C17H18N6O3. The maximum Gasteiger partial charge on any atom is 0.290 e. The SMILES string of the molecule is Cc1ccoc1C(=O)N1CCCn2c(nc(Cn3cncn3)cc2=O)C1. The molecule has 0 aliphatic carbocycles. The van der Waals surface area contributed by atoms with Crippen LogP contribution in [-0.2, 0) is 19.6 Å². The molecule has 1 aliphatic heterocycles. The molecule has 134 valence electrons. The minimum Gasteiger partial charge on any atom is -0.459 e. The van der Waals surface area contributed by atoms with Crippen LogP contribution in [0.15, 0.2) is 40.3 Å². The van der Waals surface area contributed by atoms with Crippen molar-refractivity contribution in [2.24, 2.45) is 0 Å². The summed E-state index contributed by atoms with van der Waals surface area (Å²) in [5, 5.41) is 4.04. The lowest BCUT2D eigenvalue weighted by Crippen LogP contribution is -2.32. The number of hydrogen-bond donors (Lipinski definition) is 0. The fourth-order valence-electron chi connectivity index (χ4n) is 3.11. The number of hydrogen-bond acceptors (Lipinski definition) is 6. The third kappa shape index (κ3) is 3.03. The number of aryl methyl sites for hydroxylation is 1. The van der Waals surface area contributed by atoms with Gasteiger partial charge in [-0.05, 0) is 19.4 Å². The molecule has 9 heteroatoms. The second-order valence-corrected chi connectivity index (χ2v) is 6.26. The molecule has 0 spiro atoms. The van der Waals surface area contributed by atoms with Gasteiger partial charge in [0.05, 0.1) is 25.0 Å². The summed E-state index contributed by atoms with van der Waals surface area (Å²) >= 11 is 0. The van der Waals surface area contributed by atoms with E-state index in [-0.39, 0.29) is 18.0 Å². The minimum atomic E-state index is -0.183. The first kappa shape index (κ1) is 16.2. The zero-order valence-electron chi connectivity index (χ0n) is 14.3. The zero-order chi connectivity index (χ0) is 18.1. The largest absolute Gasteiger partial charge is 0.459 e. The van der Waals surface area contributed by atoms with Crippen LogP contribution >= 0.6 is 0 Å². The highest BCUT2D eigenvalue weighted by molar-refractivity contribution is 5.92. The van der Waals surface area contributed by atoms with Gasteiger partial charge in [0.25, 0.3) is 11.5 Å². The summed E-state index contributed by atoms with van der Waals surface area (Å²) in [7, 11) is 0. The molecule has 4 rings (SSSR count). The number of carbonyl (C=O) groups excluding carboxylic acids is 1. The molecule has 1 aliphatic rings. The first-order valence-corrected chi connectivity index (χ1v) is 8.37. The Hall–Kier alpha value is -3.23. The molecule has 0 atom stereocenters. The van der Waals surface area contributed by atoms with E-state index in [0.29, 0.717) is 43.3 Å². The van der Waals surface area contributed by atoms with E-state index in [1.165, 1.54) is 18.7 Å². The van der Waals surface area contributed by atoms with Crippen molar-refractivity contribution in [2.45, 2.75) is 33.0 Å². The molecule has 26 heavy (non-hydrogen) atoms. The Morgan fingerprint density at radius 3 is 2.96 bits per heavy atom. The maximum absolute atomic E-state index is 12.8. The van der Waals surface area contributed by atoms with E-state index in [1.54, 1.807) is 26.5 Å². The molecule has 3 aromatic rings. The predicted octanol–water partition coefficient (Wildman–Crippen LogP) is 0.831. The summed E-state index contributed by atoms with van der Waals surface area (Å²) in [5.41, 5.74) is 1.27. The van der Waals surface area contributed by atoms with Gasteiger partial charge in [-0.2, -0.15) is 5.10 Å². The fraction of sp³-hybridized carbons (Fsp3) is 0.353. The molecule has 0 bridgehead atoms. The normalized spacial score (nSPS) is 14.1. The van der Waals surface area contributed by atoms with E-state index in [9.17, 15) is 9.59 Å². The Morgan fingerprint density at radius 2 is 2.23 bits per heavy atom. The topological polar surface area (TPSA) is 99.1 Å². The van der Waals surface area contributed by atoms with E-state index in [0.717, 1.165) is 5.56 Å². The van der Waals surface area contributed by atoms with Gasteiger partial charge in [0.2, 0.25) is 0 Å². The van der Waals surface area contributed by atoms with E-state index in [2.05, 4.69) is 15.1 Å². The van der Waals surface area contributed by atoms with Gasteiger partial charge >= 0.3 is 0 Å². The highest BCUT2D eigenvalue weighted by Gasteiger charge is 2.25. The summed E-state index contributed by atoms with van der Waals surface area (Å²) in [6.45, 7) is 3.53. The fourth-order valence-corrected chi connectivity index (χ4v) is 3.11. The van der Waals surface area contributed by atoms with E-state index in [1.807, 2.05) is 6.92 Å². The second kappa shape index (κ2) is 6.58. The van der Waals surface area contributed by atoms with Crippen LogP contribution in [0.2, 0.25) is 0 Å². The van der Waals surface area contributed by atoms with Gasteiger partial charge in [-0.15, -0.1) is 0 Å². The van der Waals surface area contributed by atoms with Gasteiger partial charge in [-0.1, -0.05) is 0 Å². The summed E-state index contributed by atoms with van der Waals surface area (Å²) in [6.07, 6.45) is 5.19. The first-order chi connectivity index (χ1) is 12.6. The lowest BCUT2D eigenvalue weighted by Gasteiger charge is -2.19. The van der Waals surface area contributed by atoms with Crippen molar-refractivity contribution in [3.63, 3.8) is 0 Å². The van der Waals surface area contributed by atoms with Gasteiger partial charge < -0.3 is 9.32 Å². The first-order valence-electron chi connectivity index (χ1n) is 8.37. The molecule has 0 fully saturated rings. The van der Waals surface area contributed by atoms with Crippen molar-refractivity contribution in [3.05, 3.63) is 64.2 Å². The van der Waals surface area contributed by atoms with Crippen LogP contribution in [-0.4, -0.2) is 41.7 Å². The highest BCUT2D eigenvalue weighted by Crippen LogP contribution is 2.16. The Balaban J connectivity index is 1.64. The summed E-state index contributed by atoms with van der Waals surface area (Å²) in [5.74, 6) is 0.721. The van der Waals surface area contributed by atoms with Crippen molar-refractivity contribution in [1.82, 2.24) is 29.2 Å². The lowest BCUT2D eigenvalue weighted by atomic mass is 10.2. The number of nitrogens with zero attached hydrogens (tertiary/aromatic N) is 6. The summed E-state index contributed by atoms with van der Waals surface area (Å²) in [6, 6.07) is 3.28. The summed E-state index contributed by atoms with van der Waals surface area (Å²) in [4.78, 5) is 35.4. The van der Waals surface area contributed by atoms with Crippen molar-refractivity contribution < 1.29 is 9.21 Å². The predicted molar refractivity (Wildman–Crippen MR) is 90.4 cm³/mol. The quantitative estimate of drug-likeness (QED) is 0.691. The number of amides is 1. The molecule has 3 aromatic heterocycles. The Labute approximate surface area is 148 Å². The molecule has 0 aromatic carbocycles. The minimum absolute atomic E-state index is 0.117. The van der Waals surface area contributed by atoms with Crippen molar-refractivity contribution in [2.75, 3.05) is 6.54 Å².